The quantitative estimate of drug-likeness (QED) is 0.764. The van der Waals surface area contributed by atoms with Crippen LogP contribution in [-0.4, -0.2) is 45.8 Å². The third kappa shape index (κ3) is 1.60. The van der Waals surface area contributed by atoms with Crippen LogP contribution < -0.4 is 0 Å². The van der Waals surface area contributed by atoms with Gasteiger partial charge in [-0.3, -0.25) is 4.55 Å². The fraction of sp³-hybridized carbons (Fsp3) is 0.273. The van der Waals surface area contributed by atoms with Crippen molar-refractivity contribution in [3.63, 3.8) is 0 Å². The Morgan fingerprint density at radius 3 is 2.40 bits per heavy atom. The second-order valence-corrected chi connectivity index (χ2v) is 5.88. The van der Waals surface area contributed by atoms with Gasteiger partial charge in [-0.2, -0.15) is 12.7 Å². The molecule has 20 heavy (non-hydrogen) atoms. The smallest absolute Gasteiger partial charge is 0.364 e. The molecule has 9 heteroatoms. The van der Waals surface area contributed by atoms with E-state index in [9.17, 15) is 27.7 Å². The number of nitrogens with zero attached hydrogens (tertiary/aromatic N) is 2. The highest BCUT2D eigenvalue weighted by molar-refractivity contribution is 7.84. The number of hydrogen-bond donors (Lipinski definition) is 2. The minimum atomic E-state index is -4.75. The number of carbonyl (C=O) groups excluding carboxylic acids is 1. The summed E-state index contributed by atoms with van der Waals surface area (Å²) in [5.74, 6) is -1.25. The maximum absolute atomic E-state index is 12.1. The van der Waals surface area contributed by atoms with E-state index >= 15 is 0 Å². The Morgan fingerprint density at radius 2 is 1.85 bits per heavy atom. The molecule has 2 heterocycles. The molecule has 0 saturated carbocycles. The first kappa shape index (κ1) is 12.9. The summed E-state index contributed by atoms with van der Waals surface area (Å²) >= 11 is 0. The summed E-state index contributed by atoms with van der Waals surface area (Å²) in [6.45, 7) is -0.0907. The van der Waals surface area contributed by atoms with E-state index in [1.54, 1.807) is 18.2 Å². The zero-order chi connectivity index (χ0) is 14.7. The van der Waals surface area contributed by atoms with Crippen molar-refractivity contribution in [2.45, 2.75) is 12.1 Å². The summed E-state index contributed by atoms with van der Waals surface area (Å²) in [7, 11) is -4.75. The second kappa shape index (κ2) is 3.93. The Bertz CT molecular complexity index is 715. The van der Waals surface area contributed by atoms with E-state index in [4.69, 9.17) is 0 Å². The standard InChI is InChI=1S/C11H10N2O6S/c14-10(15)9-7-4-2-1-3-6(7)8-5-12(9)11(16)13(8)20(17,18)19/h1-4,8-9H,5H2,(H,14,15)(H,17,18,19). The summed E-state index contributed by atoms with van der Waals surface area (Å²) in [6.07, 6.45) is 0. The van der Waals surface area contributed by atoms with Crippen molar-refractivity contribution in [2.24, 2.45) is 0 Å². The number of carboxylic acid groups (broad SMARTS) is 1. The SMILES string of the molecule is O=C(O)C1c2ccccc2C2CN1C(=O)N2S(=O)(=O)O. The lowest BCUT2D eigenvalue weighted by Crippen LogP contribution is -2.39. The van der Waals surface area contributed by atoms with E-state index < -0.39 is 34.4 Å². The molecule has 1 fully saturated rings. The highest BCUT2D eigenvalue weighted by Gasteiger charge is 2.53. The highest BCUT2D eigenvalue weighted by atomic mass is 32.2. The van der Waals surface area contributed by atoms with Crippen LogP contribution in [-0.2, 0) is 15.1 Å². The Morgan fingerprint density at radius 1 is 1.25 bits per heavy atom. The van der Waals surface area contributed by atoms with Gasteiger partial charge in [0.1, 0.15) is 0 Å². The van der Waals surface area contributed by atoms with Crippen LogP contribution in [0.3, 0.4) is 0 Å². The van der Waals surface area contributed by atoms with Gasteiger partial charge in [0.25, 0.3) is 0 Å². The molecule has 2 bridgehead atoms. The minimum Gasteiger partial charge on any atom is -0.479 e. The van der Waals surface area contributed by atoms with Crippen molar-refractivity contribution in [3.8, 4) is 0 Å². The molecule has 2 unspecified atom stereocenters. The first-order valence-electron chi connectivity index (χ1n) is 5.71. The maximum atomic E-state index is 12.1. The molecule has 8 nitrogen and oxygen atoms in total. The molecule has 1 aromatic carbocycles. The van der Waals surface area contributed by atoms with E-state index in [-0.39, 0.29) is 6.54 Å². The topological polar surface area (TPSA) is 115 Å². The minimum absolute atomic E-state index is 0.0907. The van der Waals surface area contributed by atoms with Gasteiger partial charge in [0.05, 0.1) is 6.04 Å². The fourth-order valence-corrected chi connectivity index (χ4v) is 3.60. The van der Waals surface area contributed by atoms with Gasteiger partial charge in [-0.05, 0) is 11.1 Å². The van der Waals surface area contributed by atoms with Crippen LogP contribution in [0.1, 0.15) is 23.2 Å². The number of aliphatic carboxylic acids is 1. The summed E-state index contributed by atoms with van der Waals surface area (Å²) < 4.78 is 32.2. The van der Waals surface area contributed by atoms with E-state index in [0.717, 1.165) is 4.90 Å². The normalized spacial score (nSPS) is 24.8. The molecule has 0 aromatic heterocycles. The van der Waals surface area contributed by atoms with E-state index in [1.807, 2.05) is 0 Å². The molecule has 2 amide bonds. The molecule has 1 saturated heterocycles. The Hall–Kier alpha value is -2.13. The van der Waals surface area contributed by atoms with E-state index in [2.05, 4.69) is 0 Å². The third-order valence-electron chi connectivity index (χ3n) is 3.53. The highest BCUT2D eigenvalue weighted by Crippen LogP contribution is 2.44. The van der Waals surface area contributed by atoms with Crippen molar-refractivity contribution in [3.05, 3.63) is 35.4 Å². The summed E-state index contributed by atoms with van der Waals surface area (Å²) in [4.78, 5) is 24.4. The van der Waals surface area contributed by atoms with Crippen molar-refractivity contribution >= 4 is 22.3 Å². The number of carboxylic acids is 1. The monoisotopic (exact) mass is 298 g/mol. The van der Waals surface area contributed by atoms with Gasteiger partial charge >= 0.3 is 22.3 Å². The third-order valence-corrected chi connectivity index (χ3v) is 4.44. The number of carbonyl (C=O) groups is 2. The molecule has 1 aromatic rings. The van der Waals surface area contributed by atoms with Gasteiger partial charge in [-0.15, -0.1) is 0 Å². The van der Waals surface area contributed by atoms with E-state index in [1.165, 1.54) is 6.07 Å². The molecule has 106 valence electrons. The number of hydrogen-bond acceptors (Lipinski definition) is 4. The zero-order valence-corrected chi connectivity index (χ0v) is 10.8. The van der Waals surface area contributed by atoms with Crippen LogP contribution in [0.4, 0.5) is 4.79 Å². The van der Waals surface area contributed by atoms with Crippen molar-refractivity contribution in [1.82, 2.24) is 9.21 Å². The van der Waals surface area contributed by atoms with Crippen LogP contribution in [0.2, 0.25) is 0 Å². The van der Waals surface area contributed by atoms with Crippen LogP contribution in [0.15, 0.2) is 24.3 Å². The average molecular weight is 298 g/mol. The van der Waals surface area contributed by atoms with Gasteiger partial charge in [-0.25, -0.2) is 9.59 Å². The van der Waals surface area contributed by atoms with Crippen molar-refractivity contribution in [2.75, 3.05) is 6.54 Å². The zero-order valence-electron chi connectivity index (χ0n) is 10.0. The lowest BCUT2D eigenvalue weighted by Gasteiger charge is -2.29. The van der Waals surface area contributed by atoms with Gasteiger partial charge in [0.2, 0.25) is 0 Å². The van der Waals surface area contributed by atoms with Crippen molar-refractivity contribution < 1.29 is 27.7 Å². The molecular weight excluding hydrogens is 288 g/mol. The van der Waals surface area contributed by atoms with Gasteiger partial charge in [0.15, 0.2) is 6.04 Å². The molecule has 0 aliphatic carbocycles. The Kier molecular flexibility index (Phi) is 2.53. The summed E-state index contributed by atoms with van der Waals surface area (Å²) in [6, 6.07) is 3.16. The molecule has 2 atom stereocenters. The molecule has 2 N–H and O–H groups in total. The van der Waals surface area contributed by atoms with Crippen molar-refractivity contribution in [1.29, 1.82) is 0 Å². The Balaban J connectivity index is 2.24. The number of urea groups is 1. The summed E-state index contributed by atoms with van der Waals surface area (Å²) in [5.41, 5.74) is 0.773. The summed E-state index contributed by atoms with van der Waals surface area (Å²) in [5, 5.41) is 9.29. The van der Waals surface area contributed by atoms with E-state index in [0.29, 0.717) is 15.4 Å². The van der Waals surface area contributed by atoms with Gasteiger partial charge in [0, 0.05) is 6.54 Å². The number of rotatable bonds is 2. The maximum Gasteiger partial charge on any atom is 0.364 e. The molecule has 2 aliphatic heterocycles. The molecule has 0 spiro atoms. The molecular formula is C11H10N2O6S. The largest absolute Gasteiger partial charge is 0.479 e. The van der Waals surface area contributed by atoms with Crippen LogP contribution in [0.25, 0.3) is 0 Å². The number of benzene rings is 1. The van der Waals surface area contributed by atoms with Crippen LogP contribution >= 0.6 is 0 Å². The Labute approximate surface area is 114 Å². The lowest BCUT2D eigenvalue weighted by molar-refractivity contribution is -0.142. The van der Waals surface area contributed by atoms with Gasteiger partial charge < -0.3 is 10.0 Å². The fourth-order valence-electron chi connectivity index (χ4n) is 2.80. The van der Waals surface area contributed by atoms with Crippen LogP contribution in [0, 0.1) is 0 Å². The number of amides is 2. The lowest BCUT2D eigenvalue weighted by atomic mass is 9.91. The number of fused-ring (bicyclic) bond motifs is 4. The average Bonchev–Trinajstić information content (AvgIpc) is 2.63. The first-order valence-corrected chi connectivity index (χ1v) is 7.11. The van der Waals surface area contributed by atoms with Crippen LogP contribution in [0.5, 0.6) is 0 Å². The molecule has 3 rings (SSSR count). The second-order valence-electron chi connectivity index (χ2n) is 4.59. The predicted molar refractivity (Wildman–Crippen MR) is 65.0 cm³/mol. The predicted octanol–water partition coefficient (Wildman–Crippen LogP) is 0.407. The van der Waals surface area contributed by atoms with Gasteiger partial charge in [-0.1, -0.05) is 24.3 Å². The molecule has 2 aliphatic rings. The first-order chi connectivity index (χ1) is 9.32. The molecule has 0 radical (unpaired) electrons.